The van der Waals surface area contributed by atoms with Gasteiger partial charge in [0.1, 0.15) is 0 Å². The molecule has 0 saturated carbocycles. The fourth-order valence-electron chi connectivity index (χ4n) is 2.18. The molecule has 0 radical (unpaired) electrons. The van der Waals surface area contributed by atoms with Gasteiger partial charge in [0.25, 0.3) is 5.91 Å². The number of para-hydroxylation sites is 1. The Balaban J connectivity index is 1.43. The van der Waals surface area contributed by atoms with Gasteiger partial charge in [-0.15, -0.1) is 10.2 Å². The summed E-state index contributed by atoms with van der Waals surface area (Å²) in [6, 6.07) is 12.7. The van der Waals surface area contributed by atoms with Crippen molar-refractivity contribution in [3.8, 4) is 11.5 Å². The predicted octanol–water partition coefficient (Wildman–Crippen LogP) is 4.44. The molecule has 3 aromatic rings. The number of methoxy groups -OCH3 is 1. The second kappa shape index (κ2) is 11.2. The molecule has 0 saturated heterocycles. The lowest BCUT2D eigenvalue weighted by Gasteiger charge is -2.04. The van der Waals surface area contributed by atoms with E-state index in [9.17, 15) is 9.90 Å². The summed E-state index contributed by atoms with van der Waals surface area (Å²) in [5.74, 6) is 0.927. The highest BCUT2D eigenvalue weighted by atomic mass is 35.5. The summed E-state index contributed by atoms with van der Waals surface area (Å²) in [6.45, 7) is 0. The van der Waals surface area contributed by atoms with Crippen LogP contribution < -0.4 is 10.2 Å². The maximum atomic E-state index is 12.0. The fraction of sp³-hybridized carbons (Fsp3) is 0.158. The first-order chi connectivity index (χ1) is 14.5. The van der Waals surface area contributed by atoms with Crippen LogP contribution in [0.1, 0.15) is 11.1 Å². The van der Waals surface area contributed by atoms with Gasteiger partial charge in [0.15, 0.2) is 20.2 Å². The second-order valence-electron chi connectivity index (χ2n) is 5.73. The SMILES string of the molecule is COc1cccc(/C=N\NC(=O)CSc2nnc(SCc3ccc(Cl)cc3)s2)c1O. The first-order valence-electron chi connectivity index (χ1n) is 8.56. The lowest BCUT2D eigenvalue weighted by molar-refractivity contribution is -0.118. The third-order valence-electron chi connectivity index (χ3n) is 3.63. The predicted molar refractivity (Wildman–Crippen MR) is 122 cm³/mol. The van der Waals surface area contributed by atoms with Crippen LogP contribution in [0.3, 0.4) is 0 Å². The summed E-state index contributed by atoms with van der Waals surface area (Å²) in [4.78, 5) is 12.0. The van der Waals surface area contributed by atoms with E-state index < -0.39 is 0 Å². The van der Waals surface area contributed by atoms with Crippen molar-refractivity contribution in [1.29, 1.82) is 0 Å². The molecule has 2 N–H and O–H groups in total. The van der Waals surface area contributed by atoms with Gasteiger partial charge in [0, 0.05) is 16.3 Å². The molecule has 156 valence electrons. The van der Waals surface area contributed by atoms with E-state index in [-0.39, 0.29) is 17.4 Å². The van der Waals surface area contributed by atoms with Gasteiger partial charge < -0.3 is 9.84 Å². The van der Waals surface area contributed by atoms with Crippen molar-refractivity contribution in [2.45, 2.75) is 14.4 Å². The summed E-state index contributed by atoms with van der Waals surface area (Å²) in [7, 11) is 1.46. The highest BCUT2D eigenvalue weighted by molar-refractivity contribution is 8.03. The summed E-state index contributed by atoms with van der Waals surface area (Å²) < 4.78 is 6.57. The fourth-order valence-corrected chi connectivity index (χ4v) is 5.08. The van der Waals surface area contributed by atoms with Crippen molar-refractivity contribution in [3.05, 3.63) is 58.6 Å². The first-order valence-corrected chi connectivity index (χ1v) is 11.7. The number of carbonyl (C=O) groups is 1. The number of rotatable bonds is 9. The van der Waals surface area contributed by atoms with Crippen LogP contribution in [-0.4, -0.2) is 40.3 Å². The Hall–Kier alpha value is -2.27. The van der Waals surface area contributed by atoms with E-state index in [0.29, 0.717) is 20.7 Å². The van der Waals surface area contributed by atoms with E-state index in [2.05, 4.69) is 20.7 Å². The molecule has 0 aliphatic carbocycles. The van der Waals surface area contributed by atoms with Crippen molar-refractivity contribution in [1.82, 2.24) is 15.6 Å². The molecule has 11 heteroatoms. The Labute approximate surface area is 190 Å². The molecule has 0 bridgehead atoms. The van der Waals surface area contributed by atoms with Crippen LogP contribution in [0.15, 0.2) is 56.2 Å². The van der Waals surface area contributed by atoms with E-state index in [1.165, 1.54) is 36.4 Å². The third-order valence-corrected chi connectivity index (χ3v) is 7.15. The molecule has 1 amide bonds. The normalized spacial score (nSPS) is 11.0. The van der Waals surface area contributed by atoms with E-state index in [0.717, 1.165) is 15.7 Å². The summed E-state index contributed by atoms with van der Waals surface area (Å²) >= 11 is 10.2. The number of aromatic nitrogens is 2. The number of hydrogen-bond acceptors (Lipinski definition) is 9. The van der Waals surface area contributed by atoms with Gasteiger partial charge in [-0.2, -0.15) is 5.10 Å². The Morgan fingerprint density at radius 2 is 1.97 bits per heavy atom. The molecule has 0 aliphatic rings. The number of amides is 1. The summed E-state index contributed by atoms with van der Waals surface area (Å²) in [5, 5.41) is 22.8. The molecule has 2 aromatic carbocycles. The van der Waals surface area contributed by atoms with Crippen molar-refractivity contribution in [3.63, 3.8) is 0 Å². The lowest BCUT2D eigenvalue weighted by atomic mass is 10.2. The van der Waals surface area contributed by atoms with Crippen LogP contribution in [0, 0.1) is 0 Å². The number of nitrogens with one attached hydrogen (secondary N) is 1. The van der Waals surface area contributed by atoms with E-state index in [4.69, 9.17) is 16.3 Å². The molecule has 7 nitrogen and oxygen atoms in total. The zero-order valence-corrected chi connectivity index (χ0v) is 18.9. The number of hydrazone groups is 1. The molecular formula is C19H17ClN4O3S3. The van der Waals surface area contributed by atoms with Gasteiger partial charge in [-0.05, 0) is 29.8 Å². The van der Waals surface area contributed by atoms with Crippen LogP contribution in [-0.2, 0) is 10.5 Å². The minimum absolute atomic E-state index is 0.0372. The zero-order chi connectivity index (χ0) is 21.3. The van der Waals surface area contributed by atoms with Crippen LogP contribution >= 0.6 is 46.5 Å². The molecule has 1 aromatic heterocycles. The molecule has 0 atom stereocenters. The number of thioether (sulfide) groups is 2. The molecule has 1 heterocycles. The van der Waals surface area contributed by atoms with Gasteiger partial charge in [0.2, 0.25) is 0 Å². The zero-order valence-electron chi connectivity index (χ0n) is 15.7. The maximum Gasteiger partial charge on any atom is 0.250 e. The summed E-state index contributed by atoms with van der Waals surface area (Å²) in [6.07, 6.45) is 1.36. The number of hydrogen-bond donors (Lipinski definition) is 2. The second-order valence-corrected chi connectivity index (χ2v) is 9.59. The number of phenolic OH excluding ortho intramolecular Hbond substituents is 1. The maximum absolute atomic E-state index is 12.0. The van der Waals surface area contributed by atoms with Crippen molar-refractivity contribution < 1.29 is 14.6 Å². The number of phenols is 1. The minimum Gasteiger partial charge on any atom is -0.504 e. The van der Waals surface area contributed by atoms with Crippen LogP contribution in [0.25, 0.3) is 0 Å². The molecule has 0 unspecified atom stereocenters. The number of carbonyl (C=O) groups excluding carboxylic acids is 1. The van der Waals surface area contributed by atoms with Crippen molar-refractivity contribution >= 4 is 58.6 Å². The van der Waals surface area contributed by atoms with Crippen molar-refractivity contribution in [2.75, 3.05) is 12.9 Å². The smallest absolute Gasteiger partial charge is 0.250 e. The topological polar surface area (TPSA) is 96.7 Å². The average Bonchev–Trinajstić information content (AvgIpc) is 3.21. The molecule has 0 fully saturated rings. The van der Waals surface area contributed by atoms with Crippen LogP contribution in [0.2, 0.25) is 5.02 Å². The monoisotopic (exact) mass is 480 g/mol. The van der Waals surface area contributed by atoms with Crippen LogP contribution in [0.4, 0.5) is 0 Å². The largest absolute Gasteiger partial charge is 0.504 e. The third kappa shape index (κ3) is 6.63. The van der Waals surface area contributed by atoms with Crippen LogP contribution in [0.5, 0.6) is 11.5 Å². The molecule has 30 heavy (non-hydrogen) atoms. The number of aromatic hydroxyl groups is 1. The molecular weight excluding hydrogens is 464 g/mol. The average molecular weight is 481 g/mol. The van der Waals surface area contributed by atoms with E-state index in [1.54, 1.807) is 30.0 Å². The Bertz CT molecular complexity index is 1030. The highest BCUT2D eigenvalue weighted by Crippen LogP contribution is 2.31. The Morgan fingerprint density at radius 1 is 1.23 bits per heavy atom. The number of nitrogens with zero attached hydrogens (tertiary/aromatic N) is 3. The number of ether oxygens (including phenoxy) is 1. The lowest BCUT2D eigenvalue weighted by Crippen LogP contribution is -2.19. The van der Waals surface area contributed by atoms with Gasteiger partial charge >= 0.3 is 0 Å². The molecule has 3 rings (SSSR count). The van der Waals surface area contributed by atoms with Gasteiger partial charge in [-0.3, -0.25) is 4.79 Å². The van der Waals surface area contributed by atoms with Gasteiger partial charge in [0.05, 0.1) is 19.1 Å². The molecule has 0 aliphatic heterocycles. The van der Waals surface area contributed by atoms with E-state index in [1.807, 2.05) is 24.3 Å². The Morgan fingerprint density at radius 3 is 2.70 bits per heavy atom. The van der Waals surface area contributed by atoms with E-state index >= 15 is 0 Å². The summed E-state index contributed by atoms with van der Waals surface area (Å²) in [5.41, 5.74) is 4.01. The quantitative estimate of drug-likeness (QED) is 0.265. The number of benzene rings is 2. The number of halogens is 1. The standard InChI is InChI=1S/C19H17ClN4O3S3/c1-27-15-4-2-3-13(17(15)26)9-21-22-16(25)11-29-19-24-23-18(30-19)28-10-12-5-7-14(20)8-6-12/h2-9,26H,10-11H2,1H3,(H,22,25)/b21-9-. The Kier molecular flexibility index (Phi) is 8.38. The van der Waals surface area contributed by atoms with Gasteiger partial charge in [-0.25, -0.2) is 5.43 Å². The molecule has 0 spiro atoms. The first kappa shape index (κ1) is 22.4. The minimum atomic E-state index is -0.288. The van der Waals surface area contributed by atoms with Gasteiger partial charge in [-0.1, -0.05) is 64.7 Å². The highest BCUT2D eigenvalue weighted by Gasteiger charge is 2.09. The van der Waals surface area contributed by atoms with Crippen molar-refractivity contribution in [2.24, 2.45) is 5.10 Å².